The van der Waals surface area contributed by atoms with Crippen molar-refractivity contribution in [2.75, 3.05) is 13.1 Å². The summed E-state index contributed by atoms with van der Waals surface area (Å²) < 4.78 is 17.0. The van der Waals surface area contributed by atoms with Crippen molar-refractivity contribution < 1.29 is 9.18 Å². The van der Waals surface area contributed by atoms with Gasteiger partial charge in [-0.2, -0.15) is 5.10 Å². The van der Waals surface area contributed by atoms with Crippen LogP contribution in [0.25, 0.3) is 27.6 Å². The van der Waals surface area contributed by atoms with E-state index < -0.39 is 5.82 Å². The van der Waals surface area contributed by atoms with Gasteiger partial charge in [0.25, 0.3) is 0 Å². The molecule has 1 amide bonds. The Balaban J connectivity index is 1.27. The summed E-state index contributed by atoms with van der Waals surface area (Å²) in [6.07, 6.45) is 6.89. The summed E-state index contributed by atoms with van der Waals surface area (Å²) in [5, 5.41) is 6.02. The third-order valence-corrected chi connectivity index (χ3v) is 7.64. The summed E-state index contributed by atoms with van der Waals surface area (Å²) in [6.45, 7) is 3.97. The number of fused-ring (bicyclic) bond motifs is 2. The lowest BCUT2D eigenvalue weighted by molar-refractivity contribution is -0.141. The second-order valence-corrected chi connectivity index (χ2v) is 10.4. The lowest BCUT2D eigenvalue weighted by atomic mass is 9.96. The fraction of sp³-hybridized carbons (Fsp3) is 0.400. The van der Waals surface area contributed by atoms with Gasteiger partial charge in [0.15, 0.2) is 11.5 Å². The van der Waals surface area contributed by atoms with Crippen LogP contribution in [0.2, 0.25) is 0 Å². The fourth-order valence-electron chi connectivity index (χ4n) is 5.32. The van der Waals surface area contributed by atoms with Crippen molar-refractivity contribution in [1.29, 1.82) is 0 Å². The van der Waals surface area contributed by atoms with Crippen molar-refractivity contribution in [3.63, 3.8) is 0 Å². The molecule has 2 fully saturated rings. The van der Waals surface area contributed by atoms with E-state index in [0.29, 0.717) is 44.6 Å². The minimum absolute atomic E-state index is 0.120. The highest BCUT2D eigenvalue weighted by molar-refractivity contribution is 9.10. The first-order valence-corrected chi connectivity index (χ1v) is 12.5. The summed E-state index contributed by atoms with van der Waals surface area (Å²) in [4.78, 5) is 28.2. The normalized spacial score (nSPS) is 20.9. The molecular weight excluding hydrogens is 499 g/mol. The van der Waals surface area contributed by atoms with Crippen LogP contribution in [-0.4, -0.2) is 48.6 Å². The molecule has 9 heteroatoms. The highest BCUT2D eigenvalue weighted by Gasteiger charge is 2.36. The Morgan fingerprint density at radius 3 is 2.91 bits per heavy atom. The quantitative estimate of drug-likeness (QED) is 0.388. The molecule has 3 aromatic heterocycles. The van der Waals surface area contributed by atoms with Gasteiger partial charge in [0, 0.05) is 49.3 Å². The number of likely N-dealkylation sites (tertiary alicyclic amines) is 1. The van der Waals surface area contributed by atoms with Gasteiger partial charge in [-0.1, -0.05) is 13.0 Å². The van der Waals surface area contributed by atoms with E-state index in [2.05, 4.69) is 37.9 Å². The van der Waals surface area contributed by atoms with Crippen molar-refractivity contribution in [2.45, 2.75) is 32.6 Å². The van der Waals surface area contributed by atoms with Gasteiger partial charge in [-0.05, 0) is 59.2 Å². The molecule has 0 spiro atoms. The molecule has 1 saturated carbocycles. The van der Waals surface area contributed by atoms with Crippen LogP contribution >= 0.6 is 15.9 Å². The monoisotopic (exact) mass is 522 g/mol. The lowest BCUT2D eigenvalue weighted by Gasteiger charge is -2.38. The van der Waals surface area contributed by atoms with Gasteiger partial charge in [0.1, 0.15) is 15.9 Å². The maximum Gasteiger partial charge on any atom is 0.225 e. The molecule has 4 aromatic rings. The molecule has 34 heavy (non-hydrogen) atoms. The third-order valence-electron chi connectivity index (χ3n) is 7.05. The van der Waals surface area contributed by atoms with Gasteiger partial charge in [-0.3, -0.25) is 9.78 Å². The number of pyridine rings is 1. The Bertz CT molecular complexity index is 1420. The van der Waals surface area contributed by atoms with Gasteiger partial charge in [-0.25, -0.2) is 19.0 Å². The van der Waals surface area contributed by atoms with Crippen molar-refractivity contribution in [3.8, 4) is 5.69 Å². The number of hydrogen-bond donors (Lipinski definition) is 0. The Labute approximate surface area is 204 Å². The lowest BCUT2D eigenvalue weighted by Crippen LogP contribution is -2.50. The molecular formula is C25H24BrFN6O. The van der Waals surface area contributed by atoms with Crippen LogP contribution in [0.4, 0.5) is 4.39 Å². The molecule has 2 aliphatic rings. The van der Waals surface area contributed by atoms with Crippen LogP contribution in [0.5, 0.6) is 0 Å². The number of nitrogens with zero attached hydrogens (tertiary/aromatic N) is 6. The van der Waals surface area contributed by atoms with Gasteiger partial charge < -0.3 is 4.90 Å². The fourth-order valence-corrected chi connectivity index (χ4v) is 5.76. The summed E-state index contributed by atoms with van der Waals surface area (Å²) in [7, 11) is 0. The Kier molecular flexibility index (Phi) is 5.32. The number of carbonyl (C=O) groups is 1. The summed E-state index contributed by atoms with van der Waals surface area (Å²) in [5.74, 6) is 1.76. The van der Waals surface area contributed by atoms with E-state index in [9.17, 15) is 9.18 Å². The second kappa shape index (κ2) is 8.37. The molecule has 1 saturated heterocycles. The minimum atomic E-state index is -0.402. The Morgan fingerprint density at radius 2 is 2.09 bits per heavy atom. The van der Waals surface area contributed by atoms with E-state index in [-0.39, 0.29) is 5.92 Å². The van der Waals surface area contributed by atoms with E-state index in [1.165, 1.54) is 6.07 Å². The number of aromatic nitrogens is 5. The van der Waals surface area contributed by atoms with Gasteiger partial charge >= 0.3 is 0 Å². The van der Waals surface area contributed by atoms with E-state index in [1.54, 1.807) is 23.1 Å². The van der Waals surface area contributed by atoms with E-state index >= 15 is 0 Å². The SMILES string of the molecule is CC1CN(C(=O)[C@@H]2CC[C@@H](Cc3ncc4c(Br)nn(-c5cc(F)c6ncccc6c5)c4n3)C2)C1. The molecule has 174 valence electrons. The molecule has 1 aromatic carbocycles. The van der Waals surface area contributed by atoms with E-state index in [4.69, 9.17) is 4.98 Å². The zero-order chi connectivity index (χ0) is 23.4. The van der Waals surface area contributed by atoms with Crippen LogP contribution in [0.3, 0.4) is 0 Å². The first-order chi connectivity index (χ1) is 16.5. The number of benzene rings is 1. The minimum Gasteiger partial charge on any atom is -0.342 e. The average Bonchev–Trinajstić information content (AvgIpc) is 3.41. The predicted molar refractivity (Wildman–Crippen MR) is 130 cm³/mol. The van der Waals surface area contributed by atoms with Crippen LogP contribution in [0.1, 0.15) is 32.0 Å². The van der Waals surface area contributed by atoms with Crippen LogP contribution in [0.15, 0.2) is 41.3 Å². The number of hydrogen-bond acceptors (Lipinski definition) is 5. The molecule has 0 N–H and O–H groups in total. The van der Waals surface area contributed by atoms with Crippen LogP contribution in [0, 0.1) is 23.6 Å². The molecule has 2 atom stereocenters. The maximum absolute atomic E-state index is 14.7. The van der Waals surface area contributed by atoms with Crippen molar-refractivity contribution in [1.82, 2.24) is 29.6 Å². The van der Waals surface area contributed by atoms with Gasteiger partial charge in [0.2, 0.25) is 5.91 Å². The Morgan fingerprint density at radius 1 is 1.24 bits per heavy atom. The van der Waals surface area contributed by atoms with Crippen molar-refractivity contribution in [3.05, 3.63) is 52.9 Å². The first kappa shape index (κ1) is 21.6. The van der Waals surface area contributed by atoms with Crippen molar-refractivity contribution in [2.24, 2.45) is 17.8 Å². The van der Waals surface area contributed by atoms with E-state index in [0.717, 1.165) is 50.0 Å². The smallest absolute Gasteiger partial charge is 0.225 e. The third kappa shape index (κ3) is 3.76. The molecule has 6 rings (SSSR count). The standard InChI is InChI=1S/C25H24BrFN6O/c1-14-12-32(13-14)25(34)17-5-4-15(7-17)8-21-29-11-19-23(26)31-33(24(19)30-21)18-9-16-3-2-6-28-22(16)20(27)10-18/h2-3,6,9-11,14-15,17H,4-5,7-8,12-13H2,1H3/t15-,17-/m1/s1. The molecule has 0 bridgehead atoms. The number of carbonyl (C=O) groups excluding carboxylic acids is 1. The second-order valence-electron chi connectivity index (χ2n) is 9.66. The first-order valence-electron chi connectivity index (χ1n) is 11.7. The molecule has 7 nitrogen and oxygen atoms in total. The summed E-state index contributed by atoms with van der Waals surface area (Å²) in [6, 6.07) is 6.90. The highest BCUT2D eigenvalue weighted by Crippen LogP contribution is 2.36. The van der Waals surface area contributed by atoms with Crippen LogP contribution in [-0.2, 0) is 11.2 Å². The molecule has 0 radical (unpaired) electrons. The molecule has 1 aliphatic carbocycles. The number of halogens is 2. The number of amides is 1. The Hall–Kier alpha value is -2.94. The van der Waals surface area contributed by atoms with Crippen molar-refractivity contribution >= 4 is 43.8 Å². The molecule has 4 heterocycles. The van der Waals surface area contributed by atoms with Gasteiger partial charge in [-0.15, -0.1) is 0 Å². The average molecular weight is 523 g/mol. The van der Waals surface area contributed by atoms with E-state index in [1.807, 2.05) is 17.0 Å². The summed E-state index contributed by atoms with van der Waals surface area (Å²) >= 11 is 3.49. The zero-order valence-corrected chi connectivity index (χ0v) is 20.4. The molecule has 0 unspecified atom stereocenters. The highest BCUT2D eigenvalue weighted by atomic mass is 79.9. The van der Waals surface area contributed by atoms with Crippen LogP contribution < -0.4 is 0 Å². The predicted octanol–water partition coefficient (Wildman–Crippen LogP) is 4.70. The largest absolute Gasteiger partial charge is 0.342 e. The maximum atomic E-state index is 14.7. The number of rotatable bonds is 4. The van der Waals surface area contributed by atoms with Gasteiger partial charge in [0.05, 0.1) is 11.1 Å². The topological polar surface area (TPSA) is 76.8 Å². The summed E-state index contributed by atoms with van der Waals surface area (Å²) in [5.41, 5.74) is 1.53. The molecule has 1 aliphatic heterocycles. The zero-order valence-electron chi connectivity index (χ0n) is 18.8.